The summed E-state index contributed by atoms with van der Waals surface area (Å²) in [7, 11) is 0. The Morgan fingerprint density at radius 2 is 1.88 bits per heavy atom. The molecule has 2 aliphatic rings. The van der Waals surface area contributed by atoms with Crippen molar-refractivity contribution in [2.45, 2.75) is 38.3 Å². The number of hydrogen-bond acceptors (Lipinski definition) is 4. The Morgan fingerprint density at radius 1 is 1.24 bits per heavy atom. The molecule has 0 aliphatic carbocycles. The number of esters is 1. The molecule has 4 heteroatoms. The van der Waals surface area contributed by atoms with Crippen molar-refractivity contribution >= 4 is 5.97 Å². The lowest BCUT2D eigenvalue weighted by Crippen LogP contribution is -2.39. The molecule has 0 bridgehead atoms. The van der Waals surface area contributed by atoms with E-state index in [0.29, 0.717) is 5.57 Å². The van der Waals surface area contributed by atoms with Gasteiger partial charge >= 0.3 is 5.97 Å². The molecule has 0 aromatic heterocycles. The zero-order chi connectivity index (χ0) is 12.4. The van der Waals surface area contributed by atoms with Gasteiger partial charge in [-0.2, -0.15) is 0 Å². The summed E-state index contributed by atoms with van der Waals surface area (Å²) in [6.45, 7) is 3.71. The van der Waals surface area contributed by atoms with E-state index in [1.807, 2.05) is 26.0 Å². The van der Waals surface area contributed by atoms with Crippen LogP contribution in [0.15, 0.2) is 36.0 Å². The minimum Gasteiger partial charge on any atom is -0.452 e. The first-order valence-corrected chi connectivity index (χ1v) is 5.69. The summed E-state index contributed by atoms with van der Waals surface area (Å²) in [5.74, 6) is -0.406. The third-order valence-corrected chi connectivity index (χ3v) is 2.84. The first-order valence-electron chi connectivity index (χ1n) is 5.69. The highest BCUT2D eigenvalue weighted by Crippen LogP contribution is 2.31. The maximum absolute atomic E-state index is 11.6. The topological polar surface area (TPSA) is 55.8 Å². The van der Waals surface area contributed by atoms with Gasteiger partial charge in [0.15, 0.2) is 6.10 Å². The SMILES string of the molecule is C/C=C/[C@@H]1O[C@H]2C(=C[C@@H]1O)C(=O)O[C@@H]2/C=C/C. The molecule has 2 rings (SSSR count). The van der Waals surface area contributed by atoms with E-state index in [-0.39, 0.29) is 6.10 Å². The van der Waals surface area contributed by atoms with Crippen LogP contribution in [0.1, 0.15) is 13.8 Å². The molecule has 0 spiro atoms. The quantitative estimate of drug-likeness (QED) is 0.576. The summed E-state index contributed by atoms with van der Waals surface area (Å²) in [6.07, 6.45) is 6.70. The van der Waals surface area contributed by atoms with E-state index in [0.717, 1.165) is 0 Å². The van der Waals surface area contributed by atoms with Gasteiger partial charge in [-0.15, -0.1) is 0 Å². The average Bonchev–Trinajstić information content (AvgIpc) is 2.58. The van der Waals surface area contributed by atoms with Crippen LogP contribution in [0.25, 0.3) is 0 Å². The molecular weight excluding hydrogens is 220 g/mol. The Hall–Kier alpha value is -1.39. The van der Waals surface area contributed by atoms with Crippen LogP contribution in [-0.4, -0.2) is 35.5 Å². The van der Waals surface area contributed by atoms with Crippen molar-refractivity contribution in [3.8, 4) is 0 Å². The smallest absolute Gasteiger partial charge is 0.337 e. The first kappa shape index (κ1) is 12.1. The van der Waals surface area contributed by atoms with Gasteiger partial charge in [0.2, 0.25) is 0 Å². The van der Waals surface area contributed by atoms with Crippen molar-refractivity contribution in [1.29, 1.82) is 0 Å². The molecule has 92 valence electrons. The van der Waals surface area contributed by atoms with Gasteiger partial charge in [-0.05, 0) is 26.0 Å². The Morgan fingerprint density at radius 3 is 2.53 bits per heavy atom. The van der Waals surface area contributed by atoms with Crippen molar-refractivity contribution in [3.63, 3.8) is 0 Å². The van der Waals surface area contributed by atoms with Gasteiger partial charge in [-0.25, -0.2) is 4.79 Å². The molecule has 0 aromatic carbocycles. The van der Waals surface area contributed by atoms with Crippen LogP contribution in [0.3, 0.4) is 0 Å². The van der Waals surface area contributed by atoms with E-state index in [4.69, 9.17) is 9.47 Å². The van der Waals surface area contributed by atoms with Crippen molar-refractivity contribution in [1.82, 2.24) is 0 Å². The second-order valence-corrected chi connectivity index (χ2v) is 4.06. The number of aliphatic hydroxyl groups is 1. The normalized spacial score (nSPS) is 37.4. The zero-order valence-corrected chi connectivity index (χ0v) is 9.87. The Balaban J connectivity index is 2.27. The molecule has 2 aliphatic heterocycles. The number of rotatable bonds is 2. The largest absolute Gasteiger partial charge is 0.452 e. The van der Waals surface area contributed by atoms with Crippen LogP contribution in [-0.2, 0) is 14.3 Å². The zero-order valence-electron chi connectivity index (χ0n) is 9.87. The third-order valence-electron chi connectivity index (χ3n) is 2.84. The average molecular weight is 236 g/mol. The molecule has 4 atom stereocenters. The fourth-order valence-electron chi connectivity index (χ4n) is 2.07. The Labute approximate surface area is 100 Å². The lowest BCUT2D eigenvalue weighted by molar-refractivity contribution is -0.138. The lowest BCUT2D eigenvalue weighted by Gasteiger charge is -2.28. The Bertz CT molecular complexity index is 394. The van der Waals surface area contributed by atoms with Gasteiger partial charge in [0.05, 0.1) is 5.57 Å². The molecule has 4 nitrogen and oxygen atoms in total. The summed E-state index contributed by atoms with van der Waals surface area (Å²) in [5.41, 5.74) is 0.418. The van der Waals surface area contributed by atoms with E-state index in [9.17, 15) is 9.90 Å². The molecule has 0 saturated carbocycles. The number of aliphatic hydroxyl groups excluding tert-OH is 1. The predicted octanol–water partition coefficient (Wildman–Crippen LogP) is 1.12. The minimum absolute atomic E-state index is 0.390. The molecule has 0 aromatic rings. The minimum atomic E-state index is -0.797. The number of allylic oxidation sites excluding steroid dienone is 2. The van der Waals surface area contributed by atoms with E-state index in [1.54, 1.807) is 12.2 Å². The molecule has 1 fully saturated rings. The van der Waals surface area contributed by atoms with Gasteiger partial charge in [-0.3, -0.25) is 0 Å². The summed E-state index contributed by atoms with van der Waals surface area (Å²) >= 11 is 0. The molecule has 1 saturated heterocycles. The van der Waals surface area contributed by atoms with E-state index in [1.165, 1.54) is 6.08 Å². The molecule has 1 N–H and O–H groups in total. The van der Waals surface area contributed by atoms with Crippen LogP contribution >= 0.6 is 0 Å². The molecule has 0 unspecified atom stereocenters. The van der Waals surface area contributed by atoms with Crippen LogP contribution < -0.4 is 0 Å². The fraction of sp³-hybridized carbons (Fsp3) is 0.462. The van der Waals surface area contributed by atoms with Crippen LogP contribution in [0, 0.1) is 0 Å². The number of fused-ring (bicyclic) bond motifs is 1. The Kier molecular flexibility index (Phi) is 3.45. The van der Waals surface area contributed by atoms with Crippen molar-refractivity contribution in [2.24, 2.45) is 0 Å². The molecule has 2 heterocycles. The van der Waals surface area contributed by atoms with Gasteiger partial charge in [0.25, 0.3) is 0 Å². The number of ether oxygens (including phenoxy) is 2. The summed E-state index contributed by atoms with van der Waals surface area (Å²) < 4.78 is 10.9. The van der Waals surface area contributed by atoms with E-state index in [2.05, 4.69) is 0 Å². The molecular formula is C13H16O4. The second-order valence-electron chi connectivity index (χ2n) is 4.06. The summed E-state index contributed by atoms with van der Waals surface area (Å²) in [4.78, 5) is 11.6. The monoisotopic (exact) mass is 236 g/mol. The van der Waals surface area contributed by atoms with Crippen molar-refractivity contribution in [2.75, 3.05) is 0 Å². The number of cyclic esters (lactones) is 1. The first-order chi connectivity index (χ1) is 8.17. The highest BCUT2D eigenvalue weighted by atomic mass is 16.6. The summed E-state index contributed by atoms with van der Waals surface area (Å²) in [6, 6.07) is 0. The number of carbonyl (C=O) groups excluding carboxylic acids is 1. The molecule has 17 heavy (non-hydrogen) atoms. The second kappa shape index (κ2) is 4.85. The third kappa shape index (κ3) is 2.18. The van der Waals surface area contributed by atoms with Crippen molar-refractivity contribution in [3.05, 3.63) is 36.0 Å². The van der Waals surface area contributed by atoms with Gasteiger partial charge < -0.3 is 14.6 Å². The predicted molar refractivity (Wildman–Crippen MR) is 62.3 cm³/mol. The van der Waals surface area contributed by atoms with Gasteiger partial charge in [-0.1, -0.05) is 18.2 Å². The highest BCUT2D eigenvalue weighted by Gasteiger charge is 2.44. The van der Waals surface area contributed by atoms with Gasteiger partial charge in [0.1, 0.15) is 18.3 Å². The molecule has 0 radical (unpaired) electrons. The summed E-state index contributed by atoms with van der Waals surface area (Å²) in [5, 5.41) is 9.80. The van der Waals surface area contributed by atoms with Gasteiger partial charge in [0, 0.05) is 0 Å². The standard InChI is InChI=1S/C13H16O4/c1-3-5-10-9(14)7-8-12(16-10)11(6-4-2)17-13(8)15/h3-7,9-12,14H,1-2H3/b5-3+,6-4+/t9-,10-,11+,12-/m0/s1. The van der Waals surface area contributed by atoms with Crippen LogP contribution in [0.4, 0.5) is 0 Å². The van der Waals surface area contributed by atoms with E-state index < -0.39 is 24.3 Å². The number of carbonyl (C=O) groups is 1. The number of hydrogen-bond donors (Lipinski definition) is 1. The maximum atomic E-state index is 11.6. The van der Waals surface area contributed by atoms with Crippen molar-refractivity contribution < 1.29 is 19.4 Å². The van der Waals surface area contributed by atoms with Crippen LogP contribution in [0.5, 0.6) is 0 Å². The van der Waals surface area contributed by atoms with Crippen LogP contribution in [0.2, 0.25) is 0 Å². The maximum Gasteiger partial charge on any atom is 0.337 e. The highest BCUT2D eigenvalue weighted by molar-refractivity contribution is 5.92. The molecule has 0 amide bonds. The fourth-order valence-corrected chi connectivity index (χ4v) is 2.07. The van der Waals surface area contributed by atoms with E-state index >= 15 is 0 Å². The lowest BCUT2D eigenvalue weighted by atomic mass is 9.99.